The molecule has 0 aromatic rings. The molecule has 0 saturated heterocycles. The molecule has 0 spiro atoms. The second kappa shape index (κ2) is 13.3. The minimum absolute atomic E-state index is 0.231. The van der Waals surface area contributed by atoms with Gasteiger partial charge in [-0.15, -0.1) is 0 Å². The van der Waals surface area contributed by atoms with E-state index < -0.39 is 0 Å². The molecule has 0 aliphatic rings. The van der Waals surface area contributed by atoms with Crippen LogP contribution >= 0.6 is 0 Å². The monoisotopic (exact) mass is 336 g/mol. The van der Waals surface area contributed by atoms with Crippen molar-refractivity contribution in [1.82, 2.24) is 10.6 Å². The molecule has 24 heavy (non-hydrogen) atoms. The lowest BCUT2D eigenvalue weighted by Gasteiger charge is -2.29. The molecule has 0 aliphatic carbocycles. The largest absolute Gasteiger partial charge is 0.381 e. The molecule has 0 aromatic heterocycles. The zero-order valence-electron chi connectivity index (χ0n) is 17.9. The predicted molar refractivity (Wildman–Crippen MR) is 112 cm³/mol. The highest BCUT2D eigenvalue weighted by Crippen LogP contribution is 2.25. The van der Waals surface area contributed by atoms with Crippen LogP contribution in [-0.2, 0) is 0 Å². The van der Waals surface area contributed by atoms with Crippen molar-refractivity contribution in [2.45, 2.75) is 80.3 Å². The first-order valence-electron chi connectivity index (χ1n) is 9.52. The number of rotatable bonds is 10. The first kappa shape index (κ1) is 25.2. The van der Waals surface area contributed by atoms with Gasteiger partial charge in [0.05, 0.1) is 0 Å². The van der Waals surface area contributed by atoms with Crippen molar-refractivity contribution < 1.29 is 0 Å². The molecule has 0 aromatic carbocycles. The molecule has 0 saturated carbocycles. The van der Waals surface area contributed by atoms with Gasteiger partial charge in [-0.3, -0.25) is 0 Å². The summed E-state index contributed by atoms with van der Waals surface area (Å²) in [4.78, 5) is 0. The maximum atomic E-state index is 4.25. The van der Waals surface area contributed by atoms with Gasteiger partial charge in [-0.05, 0) is 38.1 Å². The Kier molecular flexibility index (Phi) is 14.0. The van der Waals surface area contributed by atoms with Gasteiger partial charge in [0.15, 0.2) is 0 Å². The minimum Gasteiger partial charge on any atom is -0.381 e. The summed E-state index contributed by atoms with van der Waals surface area (Å²) in [6.07, 6.45) is 2.23. The molecule has 0 fully saturated rings. The van der Waals surface area contributed by atoms with Crippen molar-refractivity contribution in [3.63, 3.8) is 0 Å². The summed E-state index contributed by atoms with van der Waals surface area (Å²) in [5.41, 5.74) is 3.55. The Balaban J connectivity index is 0. The van der Waals surface area contributed by atoms with E-state index in [1.165, 1.54) is 17.6 Å². The van der Waals surface area contributed by atoms with Crippen LogP contribution in [0.1, 0.15) is 68.2 Å². The van der Waals surface area contributed by atoms with Gasteiger partial charge < -0.3 is 10.6 Å². The molecule has 3 atom stereocenters. The van der Waals surface area contributed by atoms with Crippen molar-refractivity contribution in [3.05, 3.63) is 36.6 Å². The topological polar surface area (TPSA) is 24.1 Å². The number of hydrogen-bond acceptors (Lipinski definition) is 2. The second-order valence-electron chi connectivity index (χ2n) is 7.60. The number of allylic oxidation sites excluding steroid dienone is 1. The Morgan fingerprint density at radius 3 is 1.71 bits per heavy atom. The number of nitrogens with one attached hydrogen (secondary N) is 2. The Bertz CT molecular complexity index is 379. The summed E-state index contributed by atoms with van der Waals surface area (Å²) in [5.74, 6) is 1.51. The van der Waals surface area contributed by atoms with Crippen LogP contribution in [0.15, 0.2) is 36.6 Å². The summed E-state index contributed by atoms with van der Waals surface area (Å²) in [6.45, 7) is 30.1. The molecule has 2 N–H and O–H groups in total. The van der Waals surface area contributed by atoms with E-state index in [1.807, 2.05) is 7.05 Å². The fourth-order valence-electron chi connectivity index (χ4n) is 2.65. The first-order chi connectivity index (χ1) is 11.0. The van der Waals surface area contributed by atoms with Gasteiger partial charge in [0.2, 0.25) is 0 Å². The van der Waals surface area contributed by atoms with Crippen LogP contribution in [0.5, 0.6) is 0 Å². The van der Waals surface area contributed by atoms with Gasteiger partial charge in [-0.2, -0.15) is 0 Å². The third kappa shape index (κ3) is 9.97. The average Bonchev–Trinajstić information content (AvgIpc) is 2.46. The van der Waals surface area contributed by atoms with E-state index in [0.29, 0.717) is 17.8 Å². The third-order valence-corrected chi connectivity index (χ3v) is 4.31. The van der Waals surface area contributed by atoms with Gasteiger partial charge >= 0.3 is 0 Å². The zero-order chi connectivity index (χ0) is 19.4. The fourth-order valence-corrected chi connectivity index (χ4v) is 2.65. The highest BCUT2D eigenvalue weighted by molar-refractivity contribution is 5.15. The highest BCUT2D eigenvalue weighted by atomic mass is 15.0. The van der Waals surface area contributed by atoms with Crippen LogP contribution in [0.25, 0.3) is 0 Å². The molecule has 142 valence electrons. The van der Waals surface area contributed by atoms with Gasteiger partial charge in [0.25, 0.3) is 0 Å². The van der Waals surface area contributed by atoms with E-state index in [-0.39, 0.29) is 12.1 Å². The quantitative estimate of drug-likeness (QED) is 0.483. The van der Waals surface area contributed by atoms with E-state index in [2.05, 4.69) is 85.8 Å². The fraction of sp³-hybridized carbons (Fsp3) is 0.727. The van der Waals surface area contributed by atoms with Crippen molar-refractivity contribution in [2.24, 2.45) is 17.8 Å². The minimum atomic E-state index is 0.231. The summed E-state index contributed by atoms with van der Waals surface area (Å²) in [7, 11) is 1.98. The van der Waals surface area contributed by atoms with Crippen LogP contribution in [0.4, 0.5) is 0 Å². The number of likely N-dealkylation sites (N-methyl/N-ethyl adjacent to an activating group) is 1. The predicted octanol–water partition coefficient (Wildman–Crippen LogP) is 5.93. The molecular formula is C22H44N2. The standard InChI is InChI=1S/C19H36N2.C3H8/c1-12(2)16(7)14(5)11-15(6)17(8)21-18(9)19(20-10)13(3)4;1-3-2/h12-14,17,19-21H,6-7,9,11H2,1-5,8,10H3;3H2,1-2H3/t14?,17?,19-;/m0./s1. The maximum absolute atomic E-state index is 4.25. The highest BCUT2D eigenvalue weighted by Gasteiger charge is 2.19. The Morgan fingerprint density at radius 2 is 1.38 bits per heavy atom. The van der Waals surface area contributed by atoms with E-state index >= 15 is 0 Å². The molecule has 2 heteroatoms. The van der Waals surface area contributed by atoms with E-state index in [1.54, 1.807) is 0 Å². The van der Waals surface area contributed by atoms with Crippen molar-refractivity contribution >= 4 is 0 Å². The van der Waals surface area contributed by atoms with Gasteiger partial charge in [-0.1, -0.05) is 85.8 Å². The normalized spacial score (nSPS) is 14.5. The molecule has 0 rings (SSSR count). The smallest absolute Gasteiger partial charge is 0.0484 e. The Labute approximate surface area is 152 Å². The lowest BCUT2D eigenvalue weighted by atomic mass is 9.86. The molecule has 0 bridgehead atoms. The van der Waals surface area contributed by atoms with E-state index in [9.17, 15) is 0 Å². The third-order valence-electron chi connectivity index (χ3n) is 4.31. The number of hydrogen-bond donors (Lipinski definition) is 2. The maximum Gasteiger partial charge on any atom is 0.0484 e. The van der Waals surface area contributed by atoms with Crippen molar-refractivity contribution in [1.29, 1.82) is 0 Å². The van der Waals surface area contributed by atoms with Crippen LogP contribution in [0, 0.1) is 17.8 Å². The van der Waals surface area contributed by atoms with Gasteiger partial charge in [-0.25, -0.2) is 0 Å². The summed E-state index contributed by atoms with van der Waals surface area (Å²) < 4.78 is 0. The first-order valence-corrected chi connectivity index (χ1v) is 9.52. The van der Waals surface area contributed by atoms with Crippen molar-refractivity contribution in [2.75, 3.05) is 7.05 Å². The molecule has 0 radical (unpaired) electrons. The SMILES string of the molecule is C=C(C(C)C)C(C)CC(=C)C(C)NC(=C)[C@@H](NC)C(C)C.CCC. The van der Waals surface area contributed by atoms with E-state index in [4.69, 9.17) is 0 Å². The van der Waals surface area contributed by atoms with Gasteiger partial charge in [0.1, 0.15) is 0 Å². The molecule has 0 aliphatic heterocycles. The second-order valence-corrected chi connectivity index (χ2v) is 7.60. The van der Waals surface area contributed by atoms with Gasteiger partial charge in [0, 0.05) is 17.8 Å². The Hall–Kier alpha value is -1.02. The van der Waals surface area contributed by atoms with Crippen molar-refractivity contribution in [3.8, 4) is 0 Å². The van der Waals surface area contributed by atoms with Crippen LogP contribution < -0.4 is 10.6 Å². The lowest BCUT2D eigenvalue weighted by molar-refractivity contribution is 0.444. The lowest BCUT2D eigenvalue weighted by Crippen LogP contribution is -2.41. The van der Waals surface area contributed by atoms with E-state index in [0.717, 1.165) is 12.1 Å². The van der Waals surface area contributed by atoms with Crippen LogP contribution in [0.3, 0.4) is 0 Å². The summed E-state index contributed by atoms with van der Waals surface area (Å²) in [6, 6.07) is 0.512. The zero-order valence-corrected chi connectivity index (χ0v) is 17.9. The average molecular weight is 337 g/mol. The molecular weight excluding hydrogens is 292 g/mol. The summed E-state index contributed by atoms with van der Waals surface area (Å²) in [5, 5.41) is 6.81. The molecule has 0 amide bonds. The molecule has 0 heterocycles. The van der Waals surface area contributed by atoms with Crippen LogP contribution in [-0.4, -0.2) is 19.1 Å². The Morgan fingerprint density at radius 1 is 0.917 bits per heavy atom. The molecule has 2 nitrogen and oxygen atoms in total. The van der Waals surface area contributed by atoms with Crippen LogP contribution in [0.2, 0.25) is 0 Å². The summed E-state index contributed by atoms with van der Waals surface area (Å²) >= 11 is 0. The molecule has 2 unspecified atom stereocenters.